The third kappa shape index (κ3) is 1.66. The van der Waals surface area contributed by atoms with Crippen LogP contribution >= 0.6 is 0 Å². The van der Waals surface area contributed by atoms with Crippen LogP contribution in [0, 0.1) is 5.82 Å². The molecular formula is C10H10FNO3. The zero-order valence-electron chi connectivity index (χ0n) is 7.77. The highest BCUT2D eigenvalue weighted by molar-refractivity contribution is 5.65. The molecule has 0 spiro atoms. The highest BCUT2D eigenvalue weighted by Gasteiger charge is 2.33. The Labute approximate surface area is 85.4 Å². The Hall–Kier alpha value is -1.62. The number of amides is 1. The van der Waals surface area contributed by atoms with Crippen molar-refractivity contribution in [3.05, 3.63) is 35.1 Å². The van der Waals surface area contributed by atoms with E-state index in [1.54, 1.807) is 6.07 Å². The normalized spacial score (nSPS) is 23.6. The van der Waals surface area contributed by atoms with Crippen LogP contribution in [-0.2, 0) is 6.42 Å². The molecule has 4 nitrogen and oxygen atoms in total. The van der Waals surface area contributed by atoms with Gasteiger partial charge in [0, 0.05) is 0 Å². The van der Waals surface area contributed by atoms with E-state index in [9.17, 15) is 14.3 Å². The van der Waals surface area contributed by atoms with Crippen LogP contribution in [0.25, 0.3) is 0 Å². The number of carboxylic acid groups (broad SMARTS) is 1. The summed E-state index contributed by atoms with van der Waals surface area (Å²) in [6, 6.07) is 3.75. The van der Waals surface area contributed by atoms with Crippen molar-refractivity contribution in [1.29, 1.82) is 0 Å². The van der Waals surface area contributed by atoms with Crippen LogP contribution < -0.4 is 5.32 Å². The van der Waals surface area contributed by atoms with Gasteiger partial charge in [-0.15, -0.1) is 0 Å². The second-order valence-electron chi connectivity index (χ2n) is 3.51. The standard InChI is InChI=1S/C10H10FNO3/c11-7-3-1-2-5-6(7)4-8(9(5)13)12-10(14)15/h1-3,8-9,12-13H,4H2,(H,14,15). The molecule has 15 heavy (non-hydrogen) atoms. The third-order valence-electron chi connectivity index (χ3n) is 2.59. The van der Waals surface area contributed by atoms with Crippen molar-refractivity contribution in [2.24, 2.45) is 0 Å². The molecule has 2 atom stereocenters. The molecule has 2 unspecified atom stereocenters. The third-order valence-corrected chi connectivity index (χ3v) is 2.59. The second kappa shape index (κ2) is 3.51. The summed E-state index contributed by atoms with van der Waals surface area (Å²) in [6.07, 6.45) is -1.99. The van der Waals surface area contributed by atoms with Crippen LogP contribution in [0.5, 0.6) is 0 Å². The maximum atomic E-state index is 13.3. The number of hydrogen-bond donors (Lipinski definition) is 3. The molecule has 5 heteroatoms. The van der Waals surface area contributed by atoms with Gasteiger partial charge in [0.1, 0.15) is 5.82 Å². The van der Waals surface area contributed by atoms with Gasteiger partial charge in [-0.3, -0.25) is 0 Å². The molecule has 1 aromatic carbocycles. The zero-order chi connectivity index (χ0) is 11.0. The largest absolute Gasteiger partial charge is 0.465 e. The number of rotatable bonds is 1. The molecule has 0 saturated carbocycles. The van der Waals surface area contributed by atoms with Crippen LogP contribution in [0.2, 0.25) is 0 Å². The number of aliphatic hydroxyl groups excluding tert-OH is 1. The van der Waals surface area contributed by atoms with E-state index in [1.165, 1.54) is 12.1 Å². The van der Waals surface area contributed by atoms with E-state index in [0.717, 1.165) is 0 Å². The zero-order valence-corrected chi connectivity index (χ0v) is 7.77. The maximum Gasteiger partial charge on any atom is 0.404 e. The number of aliphatic hydroxyl groups is 1. The Bertz CT molecular complexity index is 408. The average molecular weight is 211 g/mol. The molecule has 0 bridgehead atoms. The molecule has 2 rings (SSSR count). The van der Waals surface area contributed by atoms with Gasteiger partial charge in [-0.1, -0.05) is 12.1 Å². The minimum Gasteiger partial charge on any atom is -0.465 e. The van der Waals surface area contributed by atoms with Crippen molar-refractivity contribution in [2.45, 2.75) is 18.6 Å². The second-order valence-corrected chi connectivity index (χ2v) is 3.51. The lowest BCUT2D eigenvalue weighted by atomic mass is 10.1. The monoisotopic (exact) mass is 211 g/mol. The molecule has 0 fully saturated rings. The van der Waals surface area contributed by atoms with Gasteiger partial charge in [-0.05, 0) is 23.6 Å². The van der Waals surface area contributed by atoms with Gasteiger partial charge >= 0.3 is 6.09 Å². The van der Waals surface area contributed by atoms with Gasteiger partial charge in [0.2, 0.25) is 0 Å². The predicted molar refractivity (Wildman–Crippen MR) is 50.0 cm³/mol. The molecule has 0 radical (unpaired) electrons. The van der Waals surface area contributed by atoms with Crippen molar-refractivity contribution in [1.82, 2.24) is 5.32 Å². The van der Waals surface area contributed by atoms with Crippen molar-refractivity contribution in [3.63, 3.8) is 0 Å². The minimum atomic E-state index is -1.22. The van der Waals surface area contributed by atoms with Gasteiger partial charge in [-0.25, -0.2) is 9.18 Å². The topological polar surface area (TPSA) is 69.6 Å². The molecule has 1 aliphatic rings. The number of nitrogens with one attached hydrogen (secondary N) is 1. The van der Waals surface area contributed by atoms with Crippen molar-refractivity contribution in [2.75, 3.05) is 0 Å². The SMILES string of the molecule is O=C(O)NC1Cc2c(F)cccc2C1O. The summed E-state index contributed by atoms with van der Waals surface area (Å²) in [7, 11) is 0. The minimum absolute atomic E-state index is 0.190. The molecule has 80 valence electrons. The number of benzene rings is 1. The molecule has 1 aliphatic carbocycles. The molecular weight excluding hydrogens is 201 g/mol. The van der Waals surface area contributed by atoms with Gasteiger partial charge in [0.25, 0.3) is 0 Å². The van der Waals surface area contributed by atoms with E-state index < -0.39 is 24.1 Å². The lowest BCUT2D eigenvalue weighted by Gasteiger charge is -2.14. The Morgan fingerprint density at radius 2 is 2.27 bits per heavy atom. The summed E-state index contributed by atoms with van der Waals surface area (Å²) < 4.78 is 13.3. The van der Waals surface area contributed by atoms with E-state index >= 15 is 0 Å². The van der Waals surface area contributed by atoms with Crippen LogP contribution in [0.15, 0.2) is 18.2 Å². The summed E-state index contributed by atoms with van der Waals surface area (Å²) in [6.45, 7) is 0. The van der Waals surface area contributed by atoms with E-state index in [4.69, 9.17) is 5.11 Å². The van der Waals surface area contributed by atoms with Crippen LogP contribution in [0.3, 0.4) is 0 Å². The lowest BCUT2D eigenvalue weighted by molar-refractivity contribution is 0.131. The van der Waals surface area contributed by atoms with Crippen molar-refractivity contribution < 1.29 is 19.4 Å². The van der Waals surface area contributed by atoms with E-state index in [-0.39, 0.29) is 6.42 Å². The first-order valence-electron chi connectivity index (χ1n) is 4.54. The fourth-order valence-corrected chi connectivity index (χ4v) is 1.90. The summed E-state index contributed by atoms with van der Waals surface area (Å²) >= 11 is 0. The van der Waals surface area contributed by atoms with E-state index in [1.807, 2.05) is 0 Å². The van der Waals surface area contributed by atoms with Gasteiger partial charge < -0.3 is 15.5 Å². The van der Waals surface area contributed by atoms with E-state index in [0.29, 0.717) is 11.1 Å². The fraction of sp³-hybridized carbons (Fsp3) is 0.300. The Morgan fingerprint density at radius 1 is 1.53 bits per heavy atom. The smallest absolute Gasteiger partial charge is 0.404 e. The number of carbonyl (C=O) groups is 1. The molecule has 0 heterocycles. The quantitative estimate of drug-likeness (QED) is 0.650. The predicted octanol–water partition coefficient (Wildman–Crippen LogP) is 1.05. The van der Waals surface area contributed by atoms with Crippen LogP contribution in [0.4, 0.5) is 9.18 Å². The molecule has 1 amide bonds. The first-order chi connectivity index (χ1) is 7.09. The first kappa shape index (κ1) is 9.92. The molecule has 0 saturated heterocycles. The van der Waals surface area contributed by atoms with Crippen molar-refractivity contribution in [3.8, 4) is 0 Å². The number of hydrogen-bond acceptors (Lipinski definition) is 2. The summed E-state index contributed by atoms with van der Waals surface area (Å²) in [5, 5.41) is 20.4. The number of halogens is 1. The van der Waals surface area contributed by atoms with Crippen LogP contribution in [-0.4, -0.2) is 22.3 Å². The summed E-state index contributed by atoms with van der Waals surface area (Å²) in [5.74, 6) is -0.402. The van der Waals surface area contributed by atoms with Gasteiger partial charge in [0.05, 0.1) is 12.1 Å². The van der Waals surface area contributed by atoms with Crippen LogP contribution in [0.1, 0.15) is 17.2 Å². The fourth-order valence-electron chi connectivity index (χ4n) is 1.90. The van der Waals surface area contributed by atoms with Crippen molar-refractivity contribution >= 4 is 6.09 Å². The molecule has 0 aliphatic heterocycles. The Kier molecular flexibility index (Phi) is 2.32. The Balaban J connectivity index is 2.29. The summed E-state index contributed by atoms with van der Waals surface area (Å²) in [5.41, 5.74) is 0.859. The first-order valence-corrected chi connectivity index (χ1v) is 4.54. The summed E-state index contributed by atoms with van der Waals surface area (Å²) in [4.78, 5) is 10.4. The van der Waals surface area contributed by atoms with Gasteiger partial charge in [0.15, 0.2) is 0 Å². The highest BCUT2D eigenvalue weighted by Crippen LogP contribution is 2.32. The Morgan fingerprint density at radius 3 is 2.87 bits per heavy atom. The van der Waals surface area contributed by atoms with E-state index in [2.05, 4.69) is 5.32 Å². The lowest BCUT2D eigenvalue weighted by Crippen LogP contribution is -2.36. The highest BCUT2D eigenvalue weighted by atomic mass is 19.1. The molecule has 0 aromatic heterocycles. The number of fused-ring (bicyclic) bond motifs is 1. The maximum absolute atomic E-state index is 13.3. The molecule has 3 N–H and O–H groups in total. The average Bonchev–Trinajstić information content (AvgIpc) is 2.46. The molecule has 1 aromatic rings. The van der Waals surface area contributed by atoms with Gasteiger partial charge in [-0.2, -0.15) is 0 Å².